The number of esters is 1. The molecule has 0 bridgehead atoms. The van der Waals surface area contributed by atoms with Crippen LogP contribution in [0.25, 0.3) is 0 Å². The van der Waals surface area contributed by atoms with Crippen molar-refractivity contribution in [3.8, 4) is 0 Å². The zero-order valence-corrected chi connectivity index (χ0v) is 34.7. The second-order valence-electron chi connectivity index (χ2n) is 16.5. The van der Waals surface area contributed by atoms with E-state index < -0.39 is 89.2 Å². The largest absolute Gasteiger partial charge is 0.455 e. The molecular weight excluding hydrogens is 727 g/mol. The first-order chi connectivity index (χ1) is 26.2. The zero-order chi connectivity index (χ0) is 41.7. The van der Waals surface area contributed by atoms with Gasteiger partial charge in [-0.15, -0.1) is 6.58 Å². The number of nitrogens with one attached hydrogen (secondary N) is 1. The number of likely N-dealkylation sites (N-methyl/N-ethyl adjacent to an activating group) is 1. The third-order valence-electron chi connectivity index (χ3n) is 12.0. The molecule has 15 heteroatoms. The Bertz CT molecular complexity index is 1550. The summed E-state index contributed by atoms with van der Waals surface area (Å²) >= 11 is 0. The number of halogens is 1. The number of ether oxygens (including phenoxy) is 5. The fourth-order valence-corrected chi connectivity index (χ4v) is 8.82. The van der Waals surface area contributed by atoms with E-state index >= 15 is 4.39 Å². The maximum atomic E-state index is 16.9. The maximum Gasteiger partial charge on any atom is 0.410 e. The molecule has 3 saturated heterocycles. The standard InChI is InChI=1S/C41H63FN4O10/c1-12-16-44-29-21-25(4)53-36(32(29)48)55-35-27(6)34(49)40(8,42)37(50)54-30(13-2)41(9)33(26(5)31(47)24(3)22-39(35,7)52-11)46(38(51)56-41)20-19-45(10)23-28-14-17-43-18-15-28/h12,14-15,17-18,24-27,29-30,32-33,35-36,44,48H,1,13,16,19-23H2,2-11H3/t24-,25-,26+,27-,29+,30-,32+,33?,35-,36+,39-,40+,41-/m1/s1. The summed E-state index contributed by atoms with van der Waals surface area (Å²) in [4.78, 5) is 64.1. The number of rotatable bonds is 12. The normalized spacial score (nSPS) is 38.8. The van der Waals surface area contributed by atoms with E-state index in [1.54, 1.807) is 53.1 Å². The summed E-state index contributed by atoms with van der Waals surface area (Å²) < 4.78 is 47.3. The minimum atomic E-state index is -3.18. The SMILES string of the molecule is C=CCN[C@H]1C[C@@H](C)O[C@@H](O[C@@H]2[C@H](C)C(=O)[C@](C)(F)C(=O)O[C@H](CC)[C@@]3(C)OC(=O)N(CCN(C)Cc4ccncc4)C3[C@@H](C)C(=O)[C@H](C)C[C@@]2(C)OC)[C@H]1O. The molecule has 13 atom stereocenters. The van der Waals surface area contributed by atoms with Crippen molar-refractivity contribution >= 4 is 23.6 Å². The Morgan fingerprint density at radius 3 is 2.39 bits per heavy atom. The summed E-state index contributed by atoms with van der Waals surface area (Å²) in [5, 5.41) is 14.6. The molecular formula is C41H63FN4O10. The van der Waals surface area contributed by atoms with Gasteiger partial charge in [0.15, 0.2) is 17.7 Å². The Hall–Kier alpha value is -3.34. The Morgan fingerprint density at radius 2 is 1.79 bits per heavy atom. The van der Waals surface area contributed by atoms with Crippen LogP contribution in [0.4, 0.5) is 9.18 Å². The molecule has 4 rings (SSSR count). The fraction of sp³-hybridized carbons (Fsp3) is 0.732. The average Bonchev–Trinajstić information content (AvgIpc) is 3.42. The lowest BCUT2D eigenvalue weighted by molar-refractivity contribution is -0.290. The molecule has 1 aromatic rings. The van der Waals surface area contributed by atoms with E-state index in [1.807, 2.05) is 31.0 Å². The predicted octanol–water partition coefficient (Wildman–Crippen LogP) is 4.02. The Kier molecular flexibility index (Phi) is 15.0. The Balaban J connectivity index is 1.75. The summed E-state index contributed by atoms with van der Waals surface area (Å²) in [7, 11) is 3.30. The molecule has 0 saturated carbocycles. The van der Waals surface area contributed by atoms with E-state index in [0.717, 1.165) is 12.5 Å². The number of carbonyl (C=O) groups excluding carboxylic acids is 4. The molecule has 0 radical (unpaired) electrons. The van der Waals surface area contributed by atoms with Gasteiger partial charge in [-0.1, -0.05) is 33.8 Å². The van der Waals surface area contributed by atoms with Crippen molar-refractivity contribution in [3.63, 3.8) is 0 Å². The number of alkyl halides is 1. The monoisotopic (exact) mass is 790 g/mol. The van der Waals surface area contributed by atoms with Gasteiger partial charge in [-0.3, -0.25) is 19.5 Å². The van der Waals surface area contributed by atoms with Gasteiger partial charge in [-0.25, -0.2) is 14.0 Å². The van der Waals surface area contributed by atoms with Crippen molar-refractivity contribution in [2.45, 2.75) is 141 Å². The predicted molar refractivity (Wildman–Crippen MR) is 205 cm³/mol. The molecule has 0 aliphatic carbocycles. The number of nitrogens with zero attached hydrogens (tertiary/aromatic N) is 3. The Morgan fingerprint density at radius 1 is 1.12 bits per heavy atom. The van der Waals surface area contributed by atoms with Crippen LogP contribution in [0.15, 0.2) is 37.2 Å². The van der Waals surface area contributed by atoms with E-state index in [-0.39, 0.29) is 31.3 Å². The first-order valence-electron chi connectivity index (χ1n) is 19.7. The number of cyclic esters (lactones) is 1. The van der Waals surface area contributed by atoms with Crippen LogP contribution < -0.4 is 5.32 Å². The molecule has 314 valence electrons. The van der Waals surface area contributed by atoms with E-state index in [0.29, 0.717) is 26.1 Å². The summed E-state index contributed by atoms with van der Waals surface area (Å²) in [6.45, 7) is 17.7. The molecule has 0 spiro atoms. The van der Waals surface area contributed by atoms with Crippen molar-refractivity contribution < 1.29 is 52.4 Å². The number of aliphatic hydroxyl groups excluding tert-OH is 1. The molecule has 1 amide bonds. The van der Waals surface area contributed by atoms with Crippen LogP contribution in [0.2, 0.25) is 0 Å². The molecule has 3 fully saturated rings. The van der Waals surface area contributed by atoms with Gasteiger partial charge in [-0.05, 0) is 71.7 Å². The van der Waals surface area contributed by atoms with Gasteiger partial charge < -0.3 is 39.0 Å². The van der Waals surface area contributed by atoms with E-state index in [2.05, 4.69) is 16.9 Å². The van der Waals surface area contributed by atoms with Crippen LogP contribution in [-0.2, 0) is 44.6 Å². The summed E-state index contributed by atoms with van der Waals surface area (Å²) in [5.74, 6) is -5.84. The number of ketones is 2. The van der Waals surface area contributed by atoms with Crippen LogP contribution in [-0.4, -0.2) is 137 Å². The lowest BCUT2D eigenvalue weighted by atomic mass is 9.73. The molecule has 56 heavy (non-hydrogen) atoms. The second-order valence-corrected chi connectivity index (χ2v) is 16.5. The van der Waals surface area contributed by atoms with Gasteiger partial charge in [0.25, 0.3) is 5.67 Å². The van der Waals surface area contributed by atoms with Gasteiger partial charge in [0.05, 0.1) is 23.9 Å². The highest BCUT2D eigenvalue weighted by Crippen LogP contribution is 2.43. The third kappa shape index (κ3) is 9.50. The van der Waals surface area contributed by atoms with E-state index in [9.17, 15) is 24.3 Å². The number of fused-ring (bicyclic) bond motifs is 1. The molecule has 14 nitrogen and oxygen atoms in total. The highest BCUT2D eigenvalue weighted by Gasteiger charge is 2.61. The lowest BCUT2D eigenvalue weighted by Gasteiger charge is -2.46. The molecule has 2 N–H and O–H groups in total. The first-order valence-corrected chi connectivity index (χ1v) is 19.7. The van der Waals surface area contributed by atoms with Crippen molar-refractivity contribution in [2.75, 3.05) is 33.8 Å². The number of aliphatic hydroxyl groups is 1. The number of amides is 1. The number of Topliss-reactive ketones (excluding diaryl/α,β-unsaturated/α-hetero) is 2. The Labute approximate surface area is 330 Å². The highest BCUT2D eigenvalue weighted by atomic mass is 19.1. The molecule has 1 aromatic heterocycles. The van der Waals surface area contributed by atoms with Crippen molar-refractivity contribution in [1.82, 2.24) is 20.1 Å². The number of aromatic nitrogens is 1. The summed E-state index contributed by atoms with van der Waals surface area (Å²) in [6.07, 6.45) is -0.522. The van der Waals surface area contributed by atoms with Crippen LogP contribution in [0.3, 0.4) is 0 Å². The third-order valence-corrected chi connectivity index (χ3v) is 12.0. The lowest BCUT2D eigenvalue weighted by Crippen LogP contribution is -2.62. The van der Waals surface area contributed by atoms with Gasteiger partial charge in [0, 0.05) is 69.5 Å². The van der Waals surface area contributed by atoms with Crippen molar-refractivity contribution in [3.05, 3.63) is 42.7 Å². The smallest absolute Gasteiger partial charge is 0.410 e. The summed E-state index contributed by atoms with van der Waals surface area (Å²) in [5.41, 5.74) is -5.22. The number of hydrogen-bond donors (Lipinski definition) is 2. The van der Waals surface area contributed by atoms with Crippen LogP contribution in [0, 0.1) is 17.8 Å². The van der Waals surface area contributed by atoms with Crippen LogP contribution in [0.5, 0.6) is 0 Å². The van der Waals surface area contributed by atoms with E-state index in [4.69, 9.17) is 23.7 Å². The quantitative estimate of drug-likeness (QED) is 0.177. The average molecular weight is 791 g/mol. The number of methoxy groups -OCH3 is 1. The summed E-state index contributed by atoms with van der Waals surface area (Å²) in [6, 6.07) is 2.40. The van der Waals surface area contributed by atoms with Gasteiger partial charge >= 0.3 is 12.1 Å². The fourth-order valence-electron chi connectivity index (χ4n) is 8.82. The number of carbonyl (C=O) groups is 4. The second kappa shape index (κ2) is 18.5. The molecule has 1 unspecified atom stereocenters. The van der Waals surface area contributed by atoms with Gasteiger partial charge in [0.1, 0.15) is 18.0 Å². The maximum absolute atomic E-state index is 16.9. The topological polar surface area (TPSA) is 166 Å². The minimum absolute atomic E-state index is 0.0109. The van der Waals surface area contributed by atoms with Gasteiger partial charge in [0.2, 0.25) is 0 Å². The molecule has 3 aliphatic heterocycles. The van der Waals surface area contributed by atoms with Crippen LogP contribution in [0.1, 0.15) is 80.2 Å². The number of pyridine rings is 1. The van der Waals surface area contributed by atoms with Crippen molar-refractivity contribution in [2.24, 2.45) is 17.8 Å². The van der Waals surface area contributed by atoms with E-state index in [1.165, 1.54) is 18.9 Å². The molecule has 3 aliphatic rings. The molecule has 4 heterocycles. The molecule has 0 aromatic carbocycles. The zero-order valence-electron chi connectivity index (χ0n) is 34.7. The highest BCUT2D eigenvalue weighted by molar-refractivity contribution is 6.08. The number of hydrogen-bond acceptors (Lipinski definition) is 13. The van der Waals surface area contributed by atoms with Gasteiger partial charge in [-0.2, -0.15) is 0 Å². The first kappa shape index (κ1) is 45.4. The minimum Gasteiger partial charge on any atom is -0.455 e. The van der Waals surface area contributed by atoms with Crippen molar-refractivity contribution in [1.29, 1.82) is 0 Å². The van der Waals surface area contributed by atoms with Crippen LogP contribution >= 0.6 is 0 Å².